The van der Waals surface area contributed by atoms with Crippen LogP contribution in [0.25, 0.3) is 11.1 Å². The van der Waals surface area contributed by atoms with E-state index in [-0.39, 0.29) is 17.9 Å². The molecule has 0 aliphatic carbocycles. The van der Waals surface area contributed by atoms with Gasteiger partial charge in [0.05, 0.1) is 0 Å². The summed E-state index contributed by atoms with van der Waals surface area (Å²) in [5, 5.41) is 3.04. The number of rotatable bonds is 5. The number of aromatic nitrogens is 1. The van der Waals surface area contributed by atoms with Crippen molar-refractivity contribution in [3.05, 3.63) is 54.4 Å². The molecule has 1 aliphatic rings. The molecule has 1 fully saturated rings. The first-order valence-corrected chi connectivity index (χ1v) is 9.14. The van der Waals surface area contributed by atoms with Crippen LogP contribution in [0.3, 0.4) is 0 Å². The van der Waals surface area contributed by atoms with Crippen LogP contribution in [-0.2, 0) is 11.3 Å². The second kappa shape index (κ2) is 8.26. The summed E-state index contributed by atoms with van der Waals surface area (Å²) < 4.78 is 0. The molecule has 0 spiro atoms. The molecule has 4 heteroatoms. The second-order valence-electron chi connectivity index (χ2n) is 7.11. The third-order valence-corrected chi connectivity index (χ3v) is 4.77. The van der Waals surface area contributed by atoms with Crippen LogP contribution < -0.4 is 5.32 Å². The van der Waals surface area contributed by atoms with Crippen LogP contribution in [0.1, 0.15) is 32.3 Å². The maximum atomic E-state index is 12.2. The maximum Gasteiger partial charge on any atom is 0.223 e. The molecular weight excluding hydrogens is 310 g/mol. The molecule has 0 bridgehead atoms. The predicted octanol–water partition coefficient (Wildman–Crippen LogP) is 3.49. The van der Waals surface area contributed by atoms with E-state index in [1.54, 1.807) is 6.20 Å². The highest BCUT2D eigenvalue weighted by Gasteiger charge is 2.25. The normalized spacial score (nSPS) is 16.1. The van der Waals surface area contributed by atoms with Crippen LogP contribution in [0, 0.1) is 5.92 Å². The number of amides is 1. The third-order valence-electron chi connectivity index (χ3n) is 4.77. The van der Waals surface area contributed by atoms with Crippen molar-refractivity contribution in [2.75, 3.05) is 13.1 Å². The lowest BCUT2D eigenvalue weighted by Crippen LogP contribution is -2.42. The van der Waals surface area contributed by atoms with Crippen molar-refractivity contribution in [2.45, 2.75) is 39.3 Å². The molecule has 0 atom stereocenters. The first-order valence-electron chi connectivity index (χ1n) is 9.14. The molecule has 1 aliphatic heterocycles. The van der Waals surface area contributed by atoms with E-state index in [0.29, 0.717) is 0 Å². The van der Waals surface area contributed by atoms with Crippen molar-refractivity contribution in [3.8, 4) is 11.1 Å². The topological polar surface area (TPSA) is 45.2 Å². The van der Waals surface area contributed by atoms with Crippen molar-refractivity contribution < 1.29 is 4.79 Å². The Morgan fingerprint density at radius 3 is 2.64 bits per heavy atom. The predicted molar refractivity (Wildman–Crippen MR) is 101 cm³/mol. The molecule has 1 aromatic heterocycles. The summed E-state index contributed by atoms with van der Waals surface area (Å²) in [6, 6.07) is 12.8. The highest BCUT2D eigenvalue weighted by molar-refractivity contribution is 5.79. The van der Waals surface area contributed by atoms with Crippen molar-refractivity contribution >= 4 is 5.91 Å². The molecule has 2 aromatic rings. The molecule has 3 rings (SSSR count). The Labute approximate surface area is 150 Å². The molecule has 1 N–H and O–H groups in total. The van der Waals surface area contributed by atoms with Crippen LogP contribution in [-0.4, -0.2) is 34.9 Å². The van der Waals surface area contributed by atoms with Gasteiger partial charge in [-0.15, -0.1) is 0 Å². The second-order valence-corrected chi connectivity index (χ2v) is 7.11. The quantitative estimate of drug-likeness (QED) is 0.908. The largest absolute Gasteiger partial charge is 0.354 e. The number of benzene rings is 1. The Morgan fingerprint density at radius 2 is 1.96 bits per heavy atom. The minimum atomic E-state index is 0.159. The SMILES string of the molecule is CC(C)NC(=O)C1CCN(Cc2ccccc2-c2cccnc2)CC1. The van der Waals surface area contributed by atoms with E-state index < -0.39 is 0 Å². The van der Waals surface area contributed by atoms with E-state index in [4.69, 9.17) is 0 Å². The minimum Gasteiger partial charge on any atom is -0.354 e. The Kier molecular flexibility index (Phi) is 5.82. The summed E-state index contributed by atoms with van der Waals surface area (Å²) in [4.78, 5) is 18.9. The van der Waals surface area contributed by atoms with Gasteiger partial charge in [0.25, 0.3) is 0 Å². The highest BCUT2D eigenvalue weighted by atomic mass is 16.1. The highest BCUT2D eigenvalue weighted by Crippen LogP contribution is 2.26. The van der Waals surface area contributed by atoms with Gasteiger partial charge in [0.15, 0.2) is 0 Å². The molecule has 0 saturated carbocycles. The number of hydrogen-bond donors (Lipinski definition) is 1. The molecule has 1 aromatic carbocycles. The van der Waals surface area contributed by atoms with Crippen LogP contribution in [0.15, 0.2) is 48.8 Å². The van der Waals surface area contributed by atoms with Gasteiger partial charge in [-0.25, -0.2) is 0 Å². The van der Waals surface area contributed by atoms with Crippen molar-refractivity contribution in [2.24, 2.45) is 5.92 Å². The fourth-order valence-electron chi connectivity index (χ4n) is 3.46. The summed E-state index contributed by atoms with van der Waals surface area (Å²) in [6.07, 6.45) is 5.60. The van der Waals surface area contributed by atoms with E-state index in [2.05, 4.69) is 45.5 Å². The number of carbonyl (C=O) groups is 1. The van der Waals surface area contributed by atoms with Crippen LogP contribution >= 0.6 is 0 Å². The number of pyridine rings is 1. The van der Waals surface area contributed by atoms with E-state index in [1.165, 1.54) is 11.1 Å². The number of likely N-dealkylation sites (tertiary alicyclic amines) is 1. The average molecular weight is 337 g/mol. The Balaban J connectivity index is 1.63. The third kappa shape index (κ3) is 4.67. The smallest absolute Gasteiger partial charge is 0.223 e. The molecular formula is C21H27N3O. The summed E-state index contributed by atoms with van der Waals surface area (Å²) >= 11 is 0. The van der Waals surface area contributed by atoms with E-state index >= 15 is 0 Å². The van der Waals surface area contributed by atoms with Crippen LogP contribution in [0.2, 0.25) is 0 Å². The van der Waals surface area contributed by atoms with Crippen LogP contribution in [0.4, 0.5) is 0 Å². The Morgan fingerprint density at radius 1 is 1.20 bits per heavy atom. The molecule has 1 amide bonds. The number of nitrogens with zero attached hydrogens (tertiary/aromatic N) is 2. The first kappa shape index (κ1) is 17.6. The zero-order chi connectivity index (χ0) is 17.6. The van der Waals surface area contributed by atoms with Gasteiger partial charge in [-0.1, -0.05) is 30.3 Å². The number of hydrogen-bond acceptors (Lipinski definition) is 3. The van der Waals surface area contributed by atoms with E-state index in [0.717, 1.165) is 38.0 Å². The lowest BCUT2D eigenvalue weighted by molar-refractivity contribution is -0.127. The van der Waals surface area contributed by atoms with Gasteiger partial charge in [0, 0.05) is 36.5 Å². The fraction of sp³-hybridized carbons (Fsp3) is 0.429. The lowest BCUT2D eigenvalue weighted by Gasteiger charge is -2.32. The molecule has 1 saturated heterocycles. The summed E-state index contributed by atoms with van der Waals surface area (Å²) in [7, 11) is 0. The van der Waals surface area contributed by atoms with Gasteiger partial charge >= 0.3 is 0 Å². The number of piperidine rings is 1. The van der Waals surface area contributed by atoms with Gasteiger partial charge in [0.1, 0.15) is 0 Å². The summed E-state index contributed by atoms with van der Waals surface area (Å²) in [6.45, 7) is 6.89. The van der Waals surface area contributed by atoms with Gasteiger partial charge in [-0.05, 0) is 57.0 Å². The van der Waals surface area contributed by atoms with Gasteiger partial charge < -0.3 is 5.32 Å². The summed E-state index contributed by atoms with van der Waals surface area (Å²) in [5.74, 6) is 0.373. The number of nitrogens with one attached hydrogen (secondary N) is 1. The standard InChI is InChI=1S/C21H27N3O/c1-16(2)23-21(25)17-9-12-24(13-10-17)15-19-6-3-4-8-20(19)18-7-5-11-22-14-18/h3-8,11,14,16-17H,9-10,12-13,15H2,1-2H3,(H,23,25). The molecule has 4 nitrogen and oxygen atoms in total. The monoisotopic (exact) mass is 337 g/mol. The fourth-order valence-corrected chi connectivity index (χ4v) is 3.46. The Hall–Kier alpha value is -2.20. The lowest BCUT2D eigenvalue weighted by atomic mass is 9.94. The molecule has 2 heterocycles. The van der Waals surface area contributed by atoms with E-state index in [9.17, 15) is 4.79 Å². The molecule has 0 radical (unpaired) electrons. The molecule has 0 unspecified atom stereocenters. The zero-order valence-electron chi connectivity index (χ0n) is 15.1. The van der Waals surface area contributed by atoms with E-state index in [1.807, 2.05) is 26.1 Å². The Bertz CT molecular complexity index is 691. The summed E-state index contributed by atoms with van der Waals surface area (Å²) in [5.41, 5.74) is 3.72. The van der Waals surface area contributed by atoms with Gasteiger partial charge in [-0.2, -0.15) is 0 Å². The molecule has 25 heavy (non-hydrogen) atoms. The van der Waals surface area contributed by atoms with Crippen molar-refractivity contribution in [1.29, 1.82) is 0 Å². The minimum absolute atomic E-state index is 0.159. The van der Waals surface area contributed by atoms with Crippen LogP contribution in [0.5, 0.6) is 0 Å². The average Bonchev–Trinajstić information content (AvgIpc) is 2.63. The van der Waals surface area contributed by atoms with Crippen molar-refractivity contribution in [3.63, 3.8) is 0 Å². The molecule has 132 valence electrons. The first-order chi connectivity index (χ1) is 12.1. The zero-order valence-corrected chi connectivity index (χ0v) is 15.1. The van der Waals surface area contributed by atoms with Crippen molar-refractivity contribution in [1.82, 2.24) is 15.2 Å². The maximum absolute atomic E-state index is 12.2. The van der Waals surface area contributed by atoms with Gasteiger partial charge in [-0.3, -0.25) is 14.7 Å². The number of carbonyl (C=O) groups excluding carboxylic acids is 1. The van der Waals surface area contributed by atoms with Gasteiger partial charge in [0.2, 0.25) is 5.91 Å².